The van der Waals surface area contributed by atoms with Gasteiger partial charge in [0.15, 0.2) is 5.13 Å². The second-order valence-electron chi connectivity index (χ2n) is 3.02. The van der Waals surface area contributed by atoms with Gasteiger partial charge in [0.05, 0.1) is 0 Å². The van der Waals surface area contributed by atoms with Crippen LogP contribution in [-0.2, 0) is 4.79 Å². The van der Waals surface area contributed by atoms with Gasteiger partial charge in [0, 0.05) is 17.5 Å². The van der Waals surface area contributed by atoms with E-state index in [4.69, 9.17) is 0 Å². The topological polar surface area (TPSA) is 42.0 Å². The summed E-state index contributed by atoms with van der Waals surface area (Å²) in [5.74, 6) is 0.144. The molecule has 1 aromatic rings. The lowest BCUT2D eigenvalue weighted by atomic mass is 10.1. The molecule has 0 aliphatic carbocycles. The number of hydrogen-bond donors (Lipinski definition) is 1. The third-order valence-corrected chi connectivity index (χ3v) is 2.52. The Kier molecular flexibility index (Phi) is 3.89. The minimum atomic E-state index is 0.0665. The highest BCUT2D eigenvalue weighted by molar-refractivity contribution is 7.13. The zero-order chi connectivity index (χ0) is 9.68. The summed E-state index contributed by atoms with van der Waals surface area (Å²) in [5, 5.41) is 5.31. The molecule has 0 aliphatic heterocycles. The van der Waals surface area contributed by atoms with E-state index in [2.05, 4.69) is 17.2 Å². The van der Waals surface area contributed by atoms with Gasteiger partial charge >= 0.3 is 0 Å². The molecule has 0 aromatic carbocycles. The van der Waals surface area contributed by atoms with Crippen LogP contribution in [-0.4, -0.2) is 10.9 Å². The summed E-state index contributed by atoms with van der Waals surface area (Å²) < 4.78 is 0. The average molecular weight is 198 g/mol. The molecule has 0 radical (unpaired) electrons. The lowest BCUT2D eigenvalue weighted by Crippen LogP contribution is -2.19. The van der Waals surface area contributed by atoms with Crippen LogP contribution < -0.4 is 5.32 Å². The predicted octanol–water partition coefficient (Wildman–Crippen LogP) is 2.52. The normalized spacial score (nSPS) is 12.5. The smallest absolute Gasteiger partial charge is 0.228 e. The fraction of sp³-hybridized carbons (Fsp3) is 0.556. The summed E-state index contributed by atoms with van der Waals surface area (Å²) in [7, 11) is 0. The SMILES string of the molecule is CCC[C@@H](C)C(=O)Nc1nccs1. The average Bonchev–Trinajstić information content (AvgIpc) is 2.57. The molecule has 0 fully saturated rings. The molecule has 0 aliphatic rings. The number of carbonyl (C=O) groups is 1. The largest absolute Gasteiger partial charge is 0.302 e. The van der Waals surface area contributed by atoms with Gasteiger partial charge < -0.3 is 5.32 Å². The maximum absolute atomic E-state index is 11.5. The fourth-order valence-corrected chi connectivity index (χ4v) is 1.61. The molecule has 1 aromatic heterocycles. The molecule has 0 spiro atoms. The Morgan fingerprint density at radius 3 is 3.08 bits per heavy atom. The molecule has 0 saturated carbocycles. The van der Waals surface area contributed by atoms with Crippen LogP contribution in [0, 0.1) is 5.92 Å². The Morgan fingerprint density at radius 2 is 2.54 bits per heavy atom. The standard InChI is InChI=1S/C9H14N2OS/c1-3-4-7(2)8(12)11-9-10-5-6-13-9/h5-7H,3-4H2,1-2H3,(H,10,11,12)/t7-/m1/s1. The van der Waals surface area contributed by atoms with E-state index in [9.17, 15) is 4.79 Å². The molecule has 0 saturated heterocycles. The highest BCUT2D eigenvalue weighted by Gasteiger charge is 2.12. The molecular weight excluding hydrogens is 184 g/mol. The van der Waals surface area contributed by atoms with Gasteiger partial charge in [-0.15, -0.1) is 11.3 Å². The van der Waals surface area contributed by atoms with Crippen molar-refractivity contribution in [2.24, 2.45) is 5.92 Å². The highest BCUT2D eigenvalue weighted by atomic mass is 32.1. The maximum Gasteiger partial charge on any atom is 0.228 e. The first kappa shape index (κ1) is 10.2. The van der Waals surface area contributed by atoms with Gasteiger partial charge in [-0.1, -0.05) is 20.3 Å². The second kappa shape index (κ2) is 4.97. The van der Waals surface area contributed by atoms with E-state index in [1.807, 2.05) is 12.3 Å². The predicted molar refractivity (Wildman–Crippen MR) is 54.8 cm³/mol. The minimum Gasteiger partial charge on any atom is -0.302 e. The van der Waals surface area contributed by atoms with Gasteiger partial charge in [-0.3, -0.25) is 4.79 Å². The maximum atomic E-state index is 11.5. The summed E-state index contributed by atoms with van der Waals surface area (Å²) in [6, 6.07) is 0. The Balaban J connectivity index is 2.41. The Morgan fingerprint density at radius 1 is 1.77 bits per heavy atom. The number of aromatic nitrogens is 1. The molecule has 1 rings (SSSR count). The first-order chi connectivity index (χ1) is 6.24. The number of hydrogen-bond acceptors (Lipinski definition) is 3. The van der Waals surface area contributed by atoms with Crippen molar-refractivity contribution < 1.29 is 4.79 Å². The summed E-state index contributed by atoms with van der Waals surface area (Å²) in [6.07, 6.45) is 3.65. The van der Waals surface area contributed by atoms with Crippen molar-refractivity contribution in [2.45, 2.75) is 26.7 Å². The number of nitrogens with one attached hydrogen (secondary N) is 1. The molecule has 3 nitrogen and oxygen atoms in total. The third-order valence-electron chi connectivity index (χ3n) is 1.83. The summed E-state index contributed by atoms with van der Waals surface area (Å²) in [5.41, 5.74) is 0. The lowest BCUT2D eigenvalue weighted by molar-refractivity contribution is -0.119. The van der Waals surface area contributed by atoms with Crippen LogP contribution in [0.4, 0.5) is 5.13 Å². The van der Waals surface area contributed by atoms with E-state index in [0.29, 0.717) is 5.13 Å². The van der Waals surface area contributed by atoms with Gasteiger partial charge in [0.1, 0.15) is 0 Å². The van der Waals surface area contributed by atoms with Crippen molar-refractivity contribution in [1.29, 1.82) is 0 Å². The molecule has 0 bridgehead atoms. The van der Waals surface area contributed by atoms with Gasteiger partial charge in [-0.05, 0) is 6.42 Å². The van der Waals surface area contributed by atoms with E-state index in [1.54, 1.807) is 6.20 Å². The van der Waals surface area contributed by atoms with Gasteiger partial charge in [-0.2, -0.15) is 0 Å². The quantitative estimate of drug-likeness (QED) is 0.807. The Bertz CT molecular complexity index is 259. The lowest BCUT2D eigenvalue weighted by Gasteiger charge is -2.08. The zero-order valence-electron chi connectivity index (χ0n) is 7.91. The van der Waals surface area contributed by atoms with Crippen molar-refractivity contribution in [2.75, 3.05) is 5.32 Å². The minimum absolute atomic E-state index is 0.0665. The molecule has 1 heterocycles. The van der Waals surface area contributed by atoms with Crippen molar-refractivity contribution >= 4 is 22.4 Å². The zero-order valence-corrected chi connectivity index (χ0v) is 8.73. The molecular formula is C9H14N2OS. The molecule has 4 heteroatoms. The first-order valence-electron chi connectivity index (χ1n) is 4.44. The highest BCUT2D eigenvalue weighted by Crippen LogP contribution is 2.13. The number of thiazole rings is 1. The van der Waals surface area contributed by atoms with E-state index in [0.717, 1.165) is 12.8 Å². The first-order valence-corrected chi connectivity index (χ1v) is 5.32. The van der Waals surface area contributed by atoms with Crippen LogP contribution in [0.2, 0.25) is 0 Å². The van der Waals surface area contributed by atoms with Gasteiger partial charge in [-0.25, -0.2) is 4.98 Å². The Hall–Kier alpha value is -0.900. The van der Waals surface area contributed by atoms with Crippen LogP contribution in [0.5, 0.6) is 0 Å². The summed E-state index contributed by atoms with van der Waals surface area (Å²) >= 11 is 1.44. The molecule has 1 atom stereocenters. The monoisotopic (exact) mass is 198 g/mol. The number of carbonyl (C=O) groups excluding carboxylic acids is 1. The van der Waals surface area contributed by atoms with Gasteiger partial charge in [0.25, 0.3) is 0 Å². The van der Waals surface area contributed by atoms with Crippen molar-refractivity contribution in [3.63, 3.8) is 0 Å². The van der Waals surface area contributed by atoms with Crippen LogP contribution in [0.1, 0.15) is 26.7 Å². The number of rotatable bonds is 4. The number of anilines is 1. The molecule has 1 N–H and O–H groups in total. The molecule has 13 heavy (non-hydrogen) atoms. The molecule has 72 valence electrons. The molecule has 0 unspecified atom stereocenters. The van der Waals surface area contributed by atoms with E-state index in [-0.39, 0.29) is 11.8 Å². The van der Waals surface area contributed by atoms with Crippen LogP contribution in [0.25, 0.3) is 0 Å². The number of amides is 1. The second-order valence-corrected chi connectivity index (χ2v) is 3.91. The number of nitrogens with zero attached hydrogens (tertiary/aromatic N) is 1. The van der Waals surface area contributed by atoms with Crippen LogP contribution in [0.15, 0.2) is 11.6 Å². The Labute approximate surface area is 82.2 Å². The van der Waals surface area contributed by atoms with E-state index in [1.165, 1.54) is 11.3 Å². The van der Waals surface area contributed by atoms with Gasteiger partial charge in [0.2, 0.25) is 5.91 Å². The van der Waals surface area contributed by atoms with Crippen molar-refractivity contribution in [3.8, 4) is 0 Å². The summed E-state index contributed by atoms with van der Waals surface area (Å²) in [4.78, 5) is 15.4. The van der Waals surface area contributed by atoms with Crippen molar-refractivity contribution in [3.05, 3.63) is 11.6 Å². The van der Waals surface area contributed by atoms with E-state index >= 15 is 0 Å². The van der Waals surface area contributed by atoms with Crippen LogP contribution >= 0.6 is 11.3 Å². The van der Waals surface area contributed by atoms with Crippen molar-refractivity contribution in [1.82, 2.24) is 4.98 Å². The fourth-order valence-electron chi connectivity index (χ4n) is 1.08. The summed E-state index contributed by atoms with van der Waals surface area (Å²) in [6.45, 7) is 4.01. The van der Waals surface area contributed by atoms with E-state index < -0.39 is 0 Å². The molecule has 1 amide bonds. The third kappa shape index (κ3) is 3.14. The van der Waals surface area contributed by atoms with Crippen LogP contribution in [0.3, 0.4) is 0 Å².